The van der Waals surface area contributed by atoms with Crippen LogP contribution in [0, 0.1) is 0 Å². The summed E-state index contributed by atoms with van der Waals surface area (Å²) in [5.41, 5.74) is 3.33. The van der Waals surface area contributed by atoms with Crippen molar-refractivity contribution in [1.82, 2.24) is 9.97 Å². The topological polar surface area (TPSA) is 61.3 Å². The van der Waals surface area contributed by atoms with Crippen LogP contribution >= 0.6 is 23.2 Å². The maximum absolute atomic E-state index is 12.6. The first-order valence-electron chi connectivity index (χ1n) is 10.3. The van der Waals surface area contributed by atoms with Crippen molar-refractivity contribution in [2.24, 2.45) is 0 Å². The lowest BCUT2D eigenvalue weighted by Gasteiger charge is -2.19. The van der Waals surface area contributed by atoms with E-state index in [0.717, 1.165) is 30.4 Å². The van der Waals surface area contributed by atoms with Gasteiger partial charge in [0.25, 0.3) is 0 Å². The normalized spacial score (nSPS) is 15.5. The monoisotopic (exact) mass is 468 g/mol. The molecule has 2 aromatic carbocycles. The molecule has 0 saturated heterocycles. The highest BCUT2D eigenvalue weighted by Gasteiger charge is 2.23. The van der Waals surface area contributed by atoms with E-state index in [4.69, 9.17) is 42.6 Å². The molecule has 3 aromatic rings. The molecule has 0 amide bonds. The molecule has 0 aliphatic heterocycles. The minimum absolute atomic E-state index is 0.00836. The minimum Gasteiger partial charge on any atom is -0.464 e. The second-order valence-electron chi connectivity index (χ2n) is 7.43. The molecule has 1 aromatic heterocycles. The van der Waals surface area contributed by atoms with Crippen LogP contribution in [0.4, 0.5) is 0 Å². The van der Waals surface area contributed by atoms with Crippen LogP contribution in [-0.2, 0) is 16.1 Å². The lowest BCUT2D eigenvalue weighted by Crippen LogP contribution is -2.17. The van der Waals surface area contributed by atoms with Gasteiger partial charge in [-0.3, -0.25) is 0 Å². The fourth-order valence-electron chi connectivity index (χ4n) is 3.55. The van der Waals surface area contributed by atoms with E-state index in [2.05, 4.69) is 12.2 Å². The van der Waals surface area contributed by atoms with Gasteiger partial charge in [0, 0.05) is 21.2 Å². The Balaban J connectivity index is 1.83. The van der Waals surface area contributed by atoms with Crippen LogP contribution in [0.1, 0.15) is 35.4 Å². The van der Waals surface area contributed by atoms with Crippen LogP contribution in [0.25, 0.3) is 22.5 Å². The zero-order valence-electron chi connectivity index (χ0n) is 17.6. The number of ether oxygens (including phenoxy) is 2. The van der Waals surface area contributed by atoms with Gasteiger partial charge in [0.05, 0.1) is 31.2 Å². The molecular formula is C25H22Cl2N2O3. The van der Waals surface area contributed by atoms with Crippen molar-refractivity contribution >= 4 is 29.2 Å². The summed E-state index contributed by atoms with van der Waals surface area (Å²) in [6, 6.07) is 14.6. The smallest absolute Gasteiger partial charge is 0.358 e. The molecule has 7 heteroatoms. The first-order valence-corrected chi connectivity index (χ1v) is 11.1. The van der Waals surface area contributed by atoms with E-state index < -0.39 is 5.97 Å². The average Bonchev–Trinajstić information content (AvgIpc) is 2.83. The average molecular weight is 469 g/mol. The number of carbonyl (C=O) groups excluding carboxylic acids is 1. The zero-order chi connectivity index (χ0) is 22.5. The van der Waals surface area contributed by atoms with Gasteiger partial charge in [-0.15, -0.1) is 0 Å². The summed E-state index contributed by atoms with van der Waals surface area (Å²) in [5, 5.41) is 1.22. The maximum Gasteiger partial charge on any atom is 0.358 e. The highest BCUT2D eigenvalue weighted by Crippen LogP contribution is 2.32. The molecule has 4 rings (SSSR count). The van der Waals surface area contributed by atoms with Gasteiger partial charge in [0.1, 0.15) is 5.69 Å². The molecule has 0 radical (unpaired) electrons. The second-order valence-corrected chi connectivity index (χ2v) is 8.30. The minimum atomic E-state index is -0.562. The Morgan fingerprint density at radius 2 is 1.56 bits per heavy atom. The summed E-state index contributed by atoms with van der Waals surface area (Å²) in [6.07, 6.45) is 7.22. The quantitative estimate of drug-likeness (QED) is 0.304. The third kappa shape index (κ3) is 5.18. The Morgan fingerprint density at radius 1 is 0.969 bits per heavy atom. The molecule has 1 aliphatic rings. The lowest BCUT2D eigenvalue weighted by atomic mass is 10.0. The Kier molecular flexibility index (Phi) is 7.20. The summed E-state index contributed by atoms with van der Waals surface area (Å²) < 4.78 is 11.0. The number of methoxy groups -OCH3 is 1. The third-order valence-electron chi connectivity index (χ3n) is 5.23. The van der Waals surface area contributed by atoms with Gasteiger partial charge in [-0.05, 0) is 43.5 Å². The van der Waals surface area contributed by atoms with Crippen molar-refractivity contribution in [2.45, 2.75) is 32.0 Å². The third-order valence-corrected chi connectivity index (χ3v) is 5.73. The maximum atomic E-state index is 12.6. The van der Waals surface area contributed by atoms with Crippen molar-refractivity contribution in [3.8, 4) is 22.5 Å². The van der Waals surface area contributed by atoms with E-state index in [-0.39, 0.29) is 18.4 Å². The number of hydrogen-bond donors (Lipinski definition) is 0. The number of hydrogen-bond acceptors (Lipinski definition) is 5. The van der Waals surface area contributed by atoms with Crippen LogP contribution < -0.4 is 0 Å². The highest BCUT2D eigenvalue weighted by molar-refractivity contribution is 6.31. The molecular weight excluding hydrogens is 447 g/mol. The summed E-state index contributed by atoms with van der Waals surface area (Å²) >= 11 is 12.2. The van der Waals surface area contributed by atoms with Gasteiger partial charge in [0.15, 0.2) is 5.69 Å². The van der Waals surface area contributed by atoms with Gasteiger partial charge in [-0.2, -0.15) is 0 Å². The molecule has 0 N–H and O–H groups in total. The zero-order valence-corrected chi connectivity index (χ0v) is 19.1. The number of benzene rings is 2. The first-order chi connectivity index (χ1) is 15.5. The number of allylic oxidation sites excluding steroid dienone is 1. The molecule has 0 fully saturated rings. The molecule has 164 valence electrons. The summed E-state index contributed by atoms with van der Waals surface area (Å²) in [7, 11) is 1.33. The van der Waals surface area contributed by atoms with Crippen LogP contribution in [0.5, 0.6) is 0 Å². The fraction of sp³-hybridized carbons (Fsp3) is 0.240. The number of rotatable bonds is 6. The molecule has 0 spiro atoms. The molecule has 0 bridgehead atoms. The molecule has 1 atom stereocenters. The van der Waals surface area contributed by atoms with Crippen molar-refractivity contribution < 1.29 is 14.3 Å². The van der Waals surface area contributed by atoms with Crippen molar-refractivity contribution in [3.05, 3.63) is 82.1 Å². The van der Waals surface area contributed by atoms with E-state index in [9.17, 15) is 4.79 Å². The Morgan fingerprint density at radius 3 is 2.09 bits per heavy atom. The van der Waals surface area contributed by atoms with Crippen LogP contribution in [0.15, 0.2) is 60.7 Å². The number of halogens is 2. The van der Waals surface area contributed by atoms with Crippen LogP contribution in [-0.4, -0.2) is 29.2 Å². The number of carbonyl (C=O) groups is 1. The molecule has 1 aliphatic carbocycles. The number of nitrogens with zero attached hydrogens (tertiary/aromatic N) is 2. The standard InChI is InChI=1S/C25H22Cl2N2O3/c1-31-25(30)24-21(15-32-20-5-3-2-4-6-20)28-22(16-7-11-18(26)12-8-16)23(29-24)17-9-13-19(27)14-10-17/h3,5,7-14,20H,2,4,6,15H2,1H3. The van der Waals surface area contributed by atoms with Crippen LogP contribution in [0.3, 0.4) is 0 Å². The molecule has 1 unspecified atom stereocenters. The first kappa shape index (κ1) is 22.5. The van der Waals surface area contributed by atoms with E-state index in [1.54, 1.807) is 24.3 Å². The predicted octanol–water partition coefficient (Wildman–Crippen LogP) is 6.53. The predicted molar refractivity (Wildman–Crippen MR) is 126 cm³/mol. The fourth-order valence-corrected chi connectivity index (χ4v) is 3.81. The largest absolute Gasteiger partial charge is 0.464 e. The molecule has 0 saturated carbocycles. The van der Waals surface area contributed by atoms with Crippen molar-refractivity contribution in [3.63, 3.8) is 0 Å². The van der Waals surface area contributed by atoms with E-state index in [1.165, 1.54) is 7.11 Å². The van der Waals surface area contributed by atoms with Crippen molar-refractivity contribution in [1.29, 1.82) is 0 Å². The van der Waals surface area contributed by atoms with Gasteiger partial charge in [-0.1, -0.05) is 59.6 Å². The van der Waals surface area contributed by atoms with Crippen LogP contribution in [0.2, 0.25) is 10.0 Å². The van der Waals surface area contributed by atoms with E-state index >= 15 is 0 Å². The van der Waals surface area contributed by atoms with Crippen molar-refractivity contribution in [2.75, 3.05) is 7.11 Å². The highest BCUT2D eigenvalue weighted by atomic mass is 35.5. The Labute approximate surface area is 197 Å². The van der Waals surface area contributed by atoms with Gasteiger partial charge in [-0.25, -0.2) is 14.8 Å². The molecule has 1 heterocycles. The number of aromatic nitrogens is 2. The van der Waals surface area contributed by atoms with Gasteiger partial charge in [0.2, 0.25) is 0 Å². The molecule has 32 heavy (non-hydrogen) atoms. The molecule has 5 nitrogen and oxygen atoms in total. The number of esters is 1. The van der Waals surface area contributed by atoms with Gasteiger partial charge < -0.3 is 9.47 Å². The second kappa shape index (κ2) is 10.3. The summed E-state index contributed by atoms with van der Waals surface area (Å²) in [4.78, 5) is 22.1. The Bertz CT molecular complexity index is 1130. The lowest BCUT2D eigenvalue weighted by molar-refractivity contribution is 0.0525. The summed E-state index contributed by atoms with van der Waals surface area (Å²) in [5.74, 6) is -0.562. The Hall–Kier alpha value is -2.73. The van der Waals surface area contributed by atoms with E-state index in [0.29, 0.717) is 27.1 Å². The summed E-state index contributed by atoms with van der Waals surface area (Å²) in [6.45, 7) is 0.147. The van der Waals surface area contributed by atoms with E-state index in [1.807, 2.05) is 24.3 Å². The van der Waals surface area contributed by atoms with Gasteiger partial charge >= 0.3 is 5.97 Å². The SMILES string of the molecule is COC(=O)c1nc(-c2ccc(Cl)cc2)c(-c2ccc(Cl)cc2)nc1COC1C=CCCC1.